The van der Waals surface area contributed by atoms with E-state index in [1.807, 2.05) is 41.9 Å². The fourth-order valence-corrected chi connectivity index (χ4v) is 4.86. The van der Waals surface area contributed by atoms with Crippen LogP contribution in [0.25, 0.3) is 5.69 Å². The number of methoxy groups -OCH3 is 1. The Balaban J connectivity index is 1.43. The van der Waals surface area contributed by atoms with E-state index in [0.29, 0.717) is 18.7 Å². The second-order valence-electron chi connectivity index (χ2n) is 9.25. The van der Waals surface area contributed by atoms with E-state index in [1.54, 1.807) is 12.0 Å². The van der Waals surface area contributed by atoms with Gasteiger partial charge in [-0.3, -0.25) is 9.69 Å². The van der Waals surface area contributed by atoms with Gasteiger partial charge in [0.05, 0.1) is 30.7 Å². The number of hydrogen-bond donors (Lipinski definition) is 0. The van der Waals surface area contributed by atoms with Gasteiger partial charge in [-0.25, -0.2) is 9.07 Å². The van der Waals surface area contributed by atoms with Crippen molar-refractivity contribution in [3.63, 3.8) is 0 Å². The van der Waals surface area contributed by atoms with Crippen LogP contribution in [-0.4, -0.2) is 45.7 Å². The predicted octanol–water partition coefficient (Wildman–Crippen LogP) is 5.24. The molecule has 0 aliphatic carbocycles. The molecule has 1 aromatic heterocycles. The molecule has 6 nitrogen and oxygen atoms in total. The molecule has 37 heavy (non-hydrogen) atoms. The van der Waals surface area contributed by atoms with Crippen LogP contribution < -0.4 is 4.74 Å². The molecule has 0 N–H and O–H groups in total. The summed E-state index contributed by atoms with van der Waals surface area (Å²) >= 11 is 0. The Morgan fingerprint density at radius 3 is 2.43 bits per heavy atom. The summed E-state index contributed by atoms with van der Waals surface area (Å²) in [5.41, 5.74) is 5.98. The van der Waals surface area contributed by atoms with Crippen LogP contribution in [0.15, 0.2) is 78.9 Å². The fourth-order valence-electron chi connectivity index (χ4n) is 4.86. The number of aromatic nitrogens is 2. The zero-order valence-corrected chi connectivity index (χ0v) is 21.2. The van der Waals surface area contributed by atoms with Crippen molar-refractivity contribution >= 4 is 5.91 Å². The minimum atomic E-state index is -0.354. The van der Waals surface area contributed by atoms with E-state index in [2.05, 4.69) is 29.2 Å². The van der Waals surface area contributed by atoms with E-state index in [-0.39, 0.29) is 11.7 Å². The van der Waals surface area contributed by atoms with Crippen LogP contribution in [-0.2, 0) is 26.1 Å². The van der Waals surface area contributed by atoms with E-state index in [1.165, 1.54) is 41.1 Å². The smallest absolute Gasteiger partial charge is 0.254 e. The molecular weight excluding hydrogens is 467 g/mol. The predicted molar refractivity (Wildman–Crippen MR) is 141 cm³/mol. The quantitative estimate of drug-likeness (QED) is 0.333. The lowest BCUT2D eigenvalue weighted by Gasteiger charge is -2.28. The highest BCUT2D eigenvalue weighted by Gasteiger charge is 2.27. The summed E-state index contributed by atoms with van der Waals surface area (Å²) in [4.78, 5) is 17.4. The zero-order valence-electron chi connectivity index (χ0n) is 21.2. The van der Waals surface area contributed by atoms with Crippen LogP contribution in [0.4, 0.5) is 4.39 Å². The van der Waals surface area contributed by atoms with Crippen LogP contribution in [0.5, 0.6) is 5.75 Å². The summed E-state index contributed by atoms with van der Waals surface area (Å²) in [5, 5.41) is 5.02. The third-order valence-electron chi connectivity index (χ3n) is 6.89. The highest BCUT2D eigenvalue weighted by atomic mass is 19.1. The first-order chi connectivity index (χ1) is 18.1. The molecule has 0 bridgehead atoms. The summed E-state index contributed by atoms with van der Waals surface area (Å²) in [6, 6.07) is 24.0. The monoisotopic (exact) mass is 498 g/mol. The van der Waals surface area contributed by atoms with Crippen molar-refractivity contribution in [3.05, 3.63) is 113 Å². The van der Waals surface area contributed by atoms with Crippen LogP contribution in [0, 0.1) is 5.82 Å². The van der Waals surface area contributed by atoms with Crippen molar-refractivity contribution in [1.29, 1.82) is 0 Å². The Labute approximate surface area is 216 Å². The topological polar surface area (TPSA) is 50.6 Å². The molecule has 0 unspecified atom stereocenters. The van der Waals surface area contributed by atoms with Gasteiger partial charge in [-0.1, -0.05) is 30.3 Å². The summed E-state index contributed by atoms with van der Waals surface area (Å²) in [7, 11) is 1.67. The van der Waals surface area contributed by atoms with Gasteiger partial charge >= 0.3 is 0 Å². The lowest BCUT2D eigenvalue weighted by molar-refractivity contribution is 0.0749. The van der Waals surface area contributed by atoms with Crippen LogP contribution in [0.3, 0.4) is 0 Å². The maximum Gasteiger partial charge on any atom is 0.254 e. The van der Waals surface area contributed by atoms with Crippen molar-refractivity contribution in [2.45, 2.75) is 33.0 Å². The van der Waals surface area contributed by atoms with Crippen molar-refractivity contribution in [1.82, 2.24) is 19.6 Å². The molecule has 0 radical (unpaired) electrons. The van der Waals surface area contributed by atoms with Gasteiger partial charge in [0.25, 0.3) is 5.91 Å². The summed E-state index contributed by atoms with van der Waals surface area (Å²) in [5.74, 6) is 0.366. The van der Waals surface area contributed by atoms with Gasteiger partial charge in [-0.2, -0.15) is 5.10 Å². The molecule has 4 aromatic rings. The van der Waals surface area contributed by atoms with Gasteiger partial charge in [-0.05, 0) is 61.0 Å². The van der Waals surface area contributed by atoms with E-state index in [4.69, 9.17) is 9.84 Å². The van der Waals surface area contributed by atoms with E-state index >= 15 is 0 Å². The molecule has 1 aliphatic rings. The molecule has 190 valence electrons. The summed E-state index contributed by atoms with van der Waals surface area (Å²) in [6.07, 6.45) is 0.866. The van der Waals surface area contributed by atoms with Crippen LogP contribution in [0.1, 0.15) is 39.8 Å². The van der Waals surface area contributed by atoms with Gasteiger partial charge in [0.15, 0.2) is 0 Å². The largest absolute Gasteiger partial charge is 0.497 e. The highest BCUT2D eigenvalue weighted by Crippen LogP contribution is 2.28. The molecule has 7 heteroatoms. The molecule has 0 atom stereocenters. The number of para-hydroxylation sites is 1. The molecule has 5 rings (SSSR count). The minimum absolute atomic E-state index is 0.128. The number of hydrogen-bond acceptors (Lipinski definition) is 4. The second-order valence-corrected chi connectivity index (χ2v) is 9.25. The first-order valence-corrected chi connectivity index (χ1v) is 12.6. The maximum absolute atomic E-state index is 13.4. The molecular formula is C30H31FN4O2. The van der Waals surface area contributed by atoms with Gasteiger partial charge in [0, 0.05) is 43.7 Å². The Bertz CT molecular complexity index is 1350. The Hall–Kier alpha value is -3.97. The number of ether oxygens (including phenoxy) is 1. The van der Waals surface area contributed by atoms with Crippen molar-refractivity contribution in [2.24, 2.45) is 0 Å². The molecule has 3 aromatic carbocycles. The third-order valence-corrected chi connectivity index (χ3v) is 6.89. The normalized spacial score (nSPS) is 13.3. The molecule has 0 saturated heterocycles. The number of carbonyl (C=O) groups is 1. The van der Waals surface area contributed by atoms with Gasteiger partial charge < -0.3 is 9.64 Å². The number of benzene rings is 3. The first-order valence-electron chi connectivity index (χ1n) is 12.6. The Morgan fingerprint density at radius 2 is 1.76 bits per heavy atom. The standard InChI is InChI=1S/C30H31FN4O2/c1-3-34(30(36)23-11-13-24(31)14-12-23)21-28-27-20-33(19-22-9-15-26(37-2)16-10-22)18-17-29(27)35(32-28)25-7-5-4-6-8-25/h4-16H,3,17-21H2,1-2H3. The minimum Gasteiger partial charge on any atom is -0.497 e. The molecule has 2 heterocycles. The molecule has 0 fully saturated rings. The van der Waals surface area contributed by atoms with Gasteiger partial charge in [-0.15, -0.1) is 0 Å². The zero-order chi connectivity index (χ0) is 25.8. The number of carbonyl (C=O) groups excluding carboxylic acids is 1. The average Bonchev–Trinajstić information content (AvgIpc) is 3.30. The lowest BCUT2D eigenvalue weighted by atomic mass is 10.0. The molecule has 1 aliphatic heterocycles. The van der Waals surface area contributed by atoms with E-state index < -0.39 is 0 Å². The SMILES string of the molecule is CCN(Cc1nn(-c2ccccc2)c2c1CN(Cc1ccc(OC)cc1)CC2)C(=O)c1ccc(F)cc1. The van der Waals surface area contributed by atoms with Crippen LogP contribution >= 0.6 is 0 Å². The Kier molecular flexibility index (Phi) is 7.32. The van der Waals surface area contributed by atoms with Crippen LogP contribution in [0.2, 0.25) is 0 Å². The van der Waals surface area contributed by atoms with Crippen molar-refractivity contribution in [2.75, 3.05) is 20.2 Å². The molecule has 0 spiro atoms. The molecule has 0 saturated carbocycles. The third kappa shape index (κ3) is 5.42. The number of rotatable bonds is 8. The maximum atomic E-state index is 13.4. The second kappa shape index (κ2) is 11.0. The highest BCUT2D eigenvalue weighted by molar-refractivity contribution is 5.94. The van der Waals surface area contributed by atoms with Gasteiger partial charge in [0.1, 0.15) is 11.6 Å². The van der Waals surface area contributed by atoms with Crippen molar-refractivity contribution in [3.8, 4) is 11.4 Å². The Morgan fingerprint density at radius 1 is 1.03 bits per heavy atom. The summed E-state index contributed by atoms with van der Waals surface area (Å²) in [6.45, 7) is 5.38. The molecule has 1 amide bonds. The summed E-state index contributed by atoms with van der Waals surface area (Å²) < 4.78 is 20.7. The number of nitrogens with zero attached hydrogens (tertiary/aromatic N) is 4. The number of amides is 1. The number of halogens is 1. The van der Waals surface area contributed by atoms with E-state index in [0.717, 1.165) is 43.2 Å². The van der Waals surface area contributed by atoms with E-state index in [9.17, 15) is 9.18 Å². The number of fused-ring (bicyclic) bond motifs is 1. The lowest BCUT2D eigenvalue weighted by Crippen LogP contribution is -2.33. The first kappa shape index (κ1) is 24.7. The van der Waals surface area contributed by atoms with Gasteiger partial charge in [0.2, 0.25) is 0 Å². The van der Waals surface area contributed by atoms with Crippen molar-refractivity contribution < 1.29 is 13.9 Å². The fraction of sp³-hybridized carbons (Fsp3) is 0.267. The average molecular weight is 499 g/mol.